The smallest absolute Gasteiger partial charge is 0.244 e. The molecule has 6 heterocycles. The van der Waals surface area contributed by atoms with E-state index in [9.17, 15) is 14.9 Å². The Kier molecular flexibility index (Phi) is 13.8. The highest BCUT2D eigenvalue weighted by Gasteiger charge is 2.25. The van der Waals surface area contributed by atoms with Gasteiger partial charge in [-0.3, -0.25) is 9.59 Å². The molecule has 0 spiro atoms. The lowest BCUT2D eigenvalue weighted by atomic mass is 10.2. The van der Waals surface area contributed by atoms with Crippen LogP contribution in [0.3, 0.4) is 0 Å². The van der Waals surface area contributed by atoms with Crippen molar-refractivity contribution in [1.82, 2.24) is 39.3 Å². The lowest BCUT2D eigenvalue weighted by Gasteiger charge is -2.36. The van der Waals surface area contributed by atoms with Gasteiger partial charge in [-0.2, -0.15) is 15.5 Å². The second kappa shape index (κ2) is 18.9. The number of carbonyl (C=O) groups excluding carboxylic acids is 2. The van der Waals surface area contributed by atoms with Crippen LogP contribution >= 0.6 is 45.8 Å². The zero-order chi connectivity index (χ0) is 40.1. The van der Waals surface area contributed by atoms with E-state index in [1.165, 1.54) is 4.68 Å². The summed E-state index contributed by atoms with van der Waals surface area (Å²) >= 11 is 14.4. The Hall–Kier alpha value is -5.38. The number of halogens is 3. The summed E-state index contributed by atoms with van der Waals surface area (Å²) in [6, 6.07) is 20.9. The minimum Gasteiger partial charge on any atom is -0.495 e. The molecule has 6 aromatic rings. The van der Waals surface area contributed by atoms with Crippen LogP contribution in [0.15, 0.2) is 73.1 Å². The Labute approximate surface area is 359 Å². The average molecular weight is 939 g/mol. The molecule has 0 bridgehead atoms. The number of hydrogen-bond acceptors (Lipinski definition) is 11. The number of carbonyl (C=O) groups is 2. The standard InChI is InChI=1S/C20H19ClN6O2.C19H19ClIN5O2.CH4/c1-29-18-11-14(4-5-16(18)21)25-7-9-26(10-8-25)19(28)13-27-20-15(3-2-6-23-20)17(12-22)24-27;1-28-16-11-13(4-5-15(16)20)24-7-9-25(10-8-24)17(27)12-26-19-14(18(21)23-26)3-2-6-22-19;/h2-6,11H,7-10,13H2,1H3;2-6,11H,7-10,12H2,1H3;1H4. The molecule has 2 aromatic carbocycles. The fraction of sp³-hybridized carbons (Fsp3) is 0.325. The average Bonchev–Trinajstić information content (AvgIpc) is 3.77. The Morgan fingerprint density at radius 1 is 0.707 bits per heavy atom. The summed E-state index contributed by atoms with van der Waals surface area (Å²) in [6.45, 7) is 5.70. The molecule has 0 N–H and O–H groups in total. The van der Waals surface area contributed by atoms with Gasteiger partial charge in [-0.25, -0.2) is 19.3 Å². The highest BCUT2D eigenvalue weighted by molar-refractivity contribution is 14.1. The summed E-state index contributed by atoms with van der Waals surface area (Å²) in [5.74, 6) is 1.30. The van der Waals surface area contributed by atoms with Crippen LogP contribution in [0.2, 0.25) is 10.0 Å². The number of methoxy groups -OCH3 is 2. The number of benzene rings is 2. The lowest BCUT2D eigenvalue weighted by Crippen LogP contribution is -2.49. The number of amides is 2. The summed E-state index contributed by atoms with van der Waals surface area (Å²) in [7, 11) is 3.20. The second-order valence-corrected chi connectivity index (χ2v) is 15.0. The van der Waals surface area contributed by atoms with E-state index in [-0.39, 0.29) is 38.0 Å². The first kappa shape index (κ1) is 42.2. The van der Waals surface area contributed by atoms with Gasteiger partial charge in [0.05, 0.1) is 35.0 Å². The molecular formula is C40H42Cl2IN11O4. The lowest BCUT2D eigenvalue weighted by molar-refractivity contribution is -0.133. The van der Waals surface area contributed by atoms with E-state index in [0.29, 0.717) is 71.8 Å². The van der Waals surface area contributed by atoms with Gasteiger partial charge in [0.1, 0.15) is 34.4 Å². The van der Waals surface area contributed by atoms with Crippen LogP contribution in [-0.4, -0.2) is 118 Å². The fourth-order valence-corrected chi connectivity index (χ4v) is 7.93. The maximum Gasteiger partial charge on any atom is 0.244 e. The van der Waals surface area contributed by atoms with Gasteiger partial charge in [-0.15, -0.1) is 0 Å². The Morgan fingerprint density at radius 2 is 1.16 bits per heavy atom. The Morgan fingerprint density at radius 3 is 1.62 bits per heavy atom. The molecule has 2 aliphatic rings. The van der Waals surface area contributed by atoms with Crippen molar-refractivity contribution in [1.29, 1.82) is 5.26 Å². The van der Waals surface area contributed by atoms with Gasteiger partial charge in [0, 0.05) is 88.3 Å². The van der Waals surface area contributed by atoms with Gasteiger partial charge in [0.15, 0.2) is 17.0 Å². The van der Waals surface area contributed by atoms with E-state index in [0.717, 1.165) is 39.2 Å². The first-order valence-electron chi connectivity index (χ1n) is 18.1. The zero-order valence-electron chi connectivity index (χ0n) is 31.2. The van der Waals surface area contributed by atoms with Crippen molar-refractivity contribution < 1.29 is 19.1 Å². The van der Waals surface area contributed by atoms with Crippen molar-refractivity contribution in [2.75, 3.05) is 76.4 Å². The van der Waals surface area contributed by atoms with Crippen LogP contribution in [0.4, 0.5) is 11.4 Å². The monoisotopic (exact) mass is 937 g/mol. The largest absolute Gasteiger partial charge is 0.495 e. The molecule has 302 valence electrons. The van der Waals surface area contributed by atoms with Gasteiger partial charge >= 0.3 is 0 Å². The summed E-state index contributed by atoms with van der Waals surface area (Å²) in [6.07, 6.45) is 3.35. The molecule has 0 atom stereocenters. The van der Waals surface area contributed by atoms with Crippen molar-refractivity contribution in [3.63, 3.8) is 0 Å². The van der Waals surface area contributed by atoms with Gasteiger partial charge in [-0.1, -0.05) is 30.6 Å². The summed E-state index contributed by atoms with van der Waals surface area (Å²) in [5.41, 5.74) is 3.63. The second-order valence-electron chi connectivity index (χ2n) is 13.2. The Bertz CT molecular complexity index is 2460. The highest BCUT2D eigenvalue weighted by atomic mass is 127. The van der Waals surface area contributed by atoms with Crippen LogP contribution in [0.25, 0.3) is 22.1 Å². The molecule has 58 heavy (non-hydrogen) atoms. The number of pyridine rings is 2. The number of hydrogen-bond donors (Lipinski definition) is 0. The minimum absolute atomic E-state index is 0. The molecular weight excluding hydrogens is 896 g/mol. The molecule has 2 fully saturated rings. The topological polar surface area (TPSA) is 151 Å². The van der Waals surface area contributed by atoms with Gasteiger partial charge in [0.25, 0.3) is 0 Å². The number of ether oxygens (including phenoxy) is 2. The van der Waals surface area contributed by atoms with Crippen molar-refractivity contribution in [2.24, 2.45) is 0 Å². The minimum atomic E-state index is -0.0436. The molecule has 0 unspecified atom stereocenters. The number of piperazine rings is 2. The van der Waals surface area contributed by atoms with Crippen LogP contribution < -0.4 is 19.3 Å². The molecule has 0 aliphatic carbocycles. The Balaban J connectivity index is 0.000000192. The van der Waals surface area contributed by atoms with E-state index in [1.54, 1.807) is 43.4 Å². The van der Waals surface area contributed by atoms with E-state index < -0.39 is 0 Å². The quantitative estimate of drug-likeness (QED) is 0.166. The molecule has 2 amide bonds. The number of aromatic nitrogens is 6. The first-order valence-corrected chi connectivity index (χ1v) is 19.9. The number of rotatable bonds is 8. The predicted molar refractivity (Wildman–Crippen MR) is 233 cm³/mol. The summed E-state index contributed by atoms with van der Waals surface area (Å²) < 4.78 is 14.6. The van der Waals surface area contributed by atoms with Crippen LogP contribution in [0.1, 0.15) is 13.1 Å². The van der Waals surface area contributed by atoms with E-state index in [1.807, 2.05) is 58.3 Å². The van der Waals surface area contributed by atoms with Crippen molar-refractivity contribution in [3.05, 3.63) is 92.5 Å². The maximum absolute atomic E-state index is 12.8. The molecule has 2 aliphatic heterocycles. The van der Waals surface area contributed by atoms with Gasteiger partial charge in [-0.05, 0) is 71.1 Å². The number of fused-ring (bicyclic) bond motifs is 2. The van der Waals surface area contributed by atoms with Crippen LogP contribution in [0.5, 0.6) is 11.5 Å². The molecule has 4 aromatic heterocycles. The van der Waals surface area contributed by atoms with Gasteiger partial charge < -0.3 is 29.1 Å². The molecule has 0 radical (unpaired) electrons. The third-order valence-electron chi connectivity index (χ3n) is 9.91. The normalized spacial score (nSPS) is 14.1. The molecule has 18 heteroatoms. The van der Waals surface area contributed by atoms with Crippen molar-refractivity contribution in [3.8, 4) is 17.6 Å². The summed E-state index contributed by atoms with van der Waals surface area (Å²) in [4.78, 5) is 42.3. The molecule has 0 saturated carbocycles. The SMILES string of the molecule is C.COc1cc(N2CCN(C(=O)Cn3nc(C#N)c4cccnc43)CC2)ccc1Cl.COc1cc(N2CCN(C(=O)Cn3nc(I)c4cccnc43)CC2)ccc1Cl. The predicted octanol–water partition coefficient (Wildman–Crippen LogP) is 6.00. The van der Waals surface area contributed by atoms with E-state index in [4.69, 9.17) is 32.7 Å². The van der Waals surface area contributed by atoms with E-state index >= 15 is 0 Å². The van der Waals surface area contributed by atoms with Gasteiger partial charge in [0.2, 0.25) is 11.8 Å². The maximum atomic E-state index is 12.8. The number of anilines is 2. The van der Waals surface area contributed by atoms with Crippen molar-refractivity contribution in [2.45, 2.75) is 20.5 Å². The molecule has 2 saturated heterocycles. The summed E-state index contributed by atoms with van der Waals surface area (Å²) in [5, 5.41) is 20.8. The third kappa shape index (κ3) is 9.16. The highest BCUT2D eigenvalue weighted by Crippen LogP contribution is 2.31. The van der Waals surface area contributed by atoms with Crippen LogP contribution in [0, 0.1) is 15.0 Å². The molecule has 8 rings (SSSR count). The zero-order valence-corrected chi connectivity index (χ0v) is 34.9. The fourth-order valence-electron chi connectivity index (χ4n) is 6.86. The van der Waals surface area contributed by atoms with Crippen molar-refractivity contribution >= 4 is 91.0 Å². The van der Waals surface area contributed by atoms with Crippen LogP contribution in [-0.2, 0) is 22.7 Å². The molecule has 15 nitrogen and oxygen atoms in total. The first-order chi connectivity index (χ1) is 27.7. The van der Waals surface area contributed by atoms with E-state index in [2.05, 4.69) is 58.6 Å². The number of nitriles is 1. The number of nitrogens with zero attached hydrogens (tertiary/aromatic N) is 11. The third-order valence-corrected chi connectivity index (χ3v) is 11.3.